The van der Waals surface area contributed by atoms with Gasteiger partial charge in [-0.05, 0) is 30.2 Å². The van der Waals surface area contributed by atoms with E-state index in [1.54, 1.807) is 12.1 Å². The molecule has 2 heterocycles. The van der Waals surface area contributed by atoms with Crippen LogP contribution >= 0.6 is 12.2 Å². The van der Waals surface area contributed by atoms with Crippen LogP contribution < -0.4 is 10.0 Å². The van der Waals surface area contributed by atoms with Gasteiger partial charge in [-0.25, -0.2) is 8.42 Å². The lowest BCUT2D eigenvalue weighted by Crippen LogP contribution is -2.31. The Bertz CT molecular complexity index is 818. The SMILES string of the molecule is NC(=S)c1ncccc1S(=O)(=O)N1CCc2ccccc21. The fourth-order valence-corrected chi connectivity index (χ4v) is 4.35. The van der Waals surface area contributed by atoms with Crippen molar-refractivity contribution in [3.8, 4) is 0 Å². The summed E-state index contributed by atoms with van der Waals surface area (Å²) in [7, 11) is -3.72. The molecule has 3 rings (SSSR count). The minimum absolute atomic E-state index is 0.0262. The van der Waals surface area contributed by atoms with Crippen LogP contribution in [0.1, 0.15) is 11.3 Å². The van der Waals surface area contributed by atoms with Gasteiger partial charge >= 0.3 is 0 Å². The van der Waals surface area contributed by atoms with Gasteiger partial charge in [-0.1, -0.05) is 30.4 Å². The molecule has 0 unspecified atom stereocenters. The highest BCUT2D eigenvalue weighted by Gasteiger charge is 2.32. The monoisotopic (exact) mass is 319 g/mol. The Morgan fingerprint density at radius 1 is 1.24 bits per heavy atom. The second kappa shape index (κ2) is 5.09. The third-order valence-corrected chi connectivity index (χ3v) is 5.45. The molecule has 2 aromatic rings. The molecule has 1 aliphatic rings. The zero-order chi connectivity index (χ0) is 15.0. The summed E-state index contributed by atoms with van der Waals surface area (Å²) >= 11 is 4.90. The molecule has 1 aromatic carbocycles. The van der Waals surface area contributed by atoms with Crippen molar-refractivity contribution in [2.75, 3.05) is 10.8 Å². The minimum Gasteiger partial charge on any atom is -0.388 e. The maximum Gasteiger partial charge on any atom is 0.266 e. The number of anilines is 1. The molecule has 0 aliphatic carbocycles. The van der Waals surface area contributed by atoms with E-state index >= 15 is 0 Å². The average Bonchev–Trinajstić information content (AvgIpc) is 2.92. The summed E-state index contributed by atoms with van der Waals surface area (Å²) in [6.45, 7) is 0.410. The zero-order valence-corrected chi connectivity index (χ0v) is 12.7. The van der Waals surface area contributed by atoms with Crippen LogP contribution in [-0.4, -0.2) is 24.9 Å². The number of fused-ring (bicyclic) bond motifs is 1. The van der Waals surface area contributed by atoms with Crippen molar-refractivity contribution < 1.29 is 8.42 Å². The number of sulfonamides is 1. The molecule has 0 atom stereocenters. The first-order valence-electron chi connectivity index (χ1n) is 6.37. The van der Waals surface area contributed by atoms with Crippen LogP contribution in [0.3, 0.4) is 0 Å². The van der Waals surface area contributed by atoms with Crippen molar-refractivity contribution in [2.45, 2.75) is 11.3 Å². The summed E-state index contributed by atoms with van der Waals surface area (Å²) in [5.74, 6) is 0. The van der Waals surface area contributed by atoms with Gasteiger partial charge in [-0.15, -0.1) is 0 Å². The molecule has 0 bridgehead atoms. The van der Waals surface area contributed by atoms with Crippen molar-refractivity contribution in [1.29, 1.82) is 0 Å². The fraction of sp³-hybridized carbons (Fsp3) is 0.143. The van der Waals surface area contributed by atoms with Crippen LogP contribution in [0.25, 0.3) is 0 Å². The largest absolute Gasteiger partial charge is 0.388 e. The van der Waals surface area contributed by atoms with Crippen molar-refractivity contribution in [1.82, 2.24) is 4.98 Å². The van der Waals surface area contributed by atoms with Gasteiger partial charge in [0.25, 0.3) is 10.0 Å². The molecule has 1 aromatic heterocycles. The van der Waals surface area contributed by atoms with Crippen molar-refractivity contribution in [2.24, 2.45) is 5.73 Å². The number of nitrogens with two attached hydrogens (primary N) is 1. The molecule has 0 spiro atoms. The Hall–Kier alpha value is -1.99. The summed E-state index contributed by atoms with van der Waals surface area (Å²) in [5.41, 5.74) is 7.45. The minimum atomic E-state index is -3.72. The lowest BCUT2D eigenvalue weighted by atomic mass is 10.2. The number of hydrogen-bond donors (Lipinski definition) is 1. The standard InChI is InChI=1S/C14H13N3O2S2/c15-14(20)13-12(6-3-8-16-13)21(18,19)17-9-7-10-4-1-2-5-11(10)17/h1-6,8H,7,9H2,(H2,15,20). The van der Waals surface area contributed by atoms with E-state index in [9.17, 15) is 8.42 Å². The Morgan fingerprint density at radius 2 is 2.00 bits per heavy atom. The van der Waals surface area contributed by atoms with Crippen LogP contribution in [0.5, 0.6) is 0 Å². The highest BCUT2D eigenvalue weighted by molar-refractivity contribution is 7.93. The lowest BCUT2D eigenvalue weighted by molar-refractivity contribution is 0.591. The van der Waals surface area contributed by atoms with E-state index in [2.05, 4.69) is 4.98 Å². The van der Waals surface area contributed by atoms with Gasteiger partial charge in [0.1, 0.15) is 15.6 Å². The number of aromatic nitrogens is 1. The molecule has 0 radical (unpaired) electrons. The Labute approximate surface area is 128 Å². The second-order valence-electron chi connectivity index (χ2n) is 4.67. The predicted molar refractivity (Wildman–Crippen MR) is 84.8 cm³/mol. The quantitative estimate of drug-likeness (QED) is 0.867. The summed E-state index contributed by atoms with van der Waals surface area (Å²) in [5, 5.41) is 0. The van der Waals surface area contributed by atoms with Crippen LogP contribution in [0.2, 0.25) is 0 Å². The molecule has 0 saturated heterocycles. The Kier molecular flexibility index (Phi) is 3.38. The average molecular weight is 319 g/mol. The number of pyridine rings is 1. The van der Waals surface area contributed by atoms with Crippen molar-refractivity contribution in [3.05, 3.63) is 53.9 Å². The Morgan fingerprint density at radius 3 is 2.76 bits per heavy atom. The van der Waals surface area contributed by atoms with Gasteiger partial charge in [-0.3, -0.25) is 9.29 Å². The first kappa shape index (κ1) is 14.0. The molecule has 0 fully saturated rings. The van der Waals surface area contributed by atoms with E-state index in [0.29, 0.717) is 18.7 Å². The van der Waals surface area contributed by atoms with Crippen LogP contribution in [0.4, 0.5) is 5.69 Å². The normalized spacial score (nSPS) is 14.0. The predicted octanol–water partition coefficient (Wildman–Crippen LogP) is 1.47. The van der Waals surface area contributed by atoms with E-state index in [4.69, 9.17) is 18.0 Å². The maximum absolute atomic E-state index is 12.9. The highest BCUT2D eigenvalue weighted by Crippen LogP contribution is 2.33. The maximum atomic E-state index is 12.9. The first-order valence-corrected chi connectivity index (χ1v) is 8.22. The molecule has 2 N–H and O–H groups in total. The molecular formula is C14H13N3O2S2. The summed E-state index contributed by atoms with van der Waals surface area (Å²) in [6, 6.07) is 10.5. The molecule has 5 nitrogen and oxygen atoms in total. The van der Waals surface area contributed by atoms with Gasteiger partial charge < -0.3 is 5.73 Å². The summed E-state index contributed by atoms with van der Waals surface area (Å²) in [6.07, 6.45) is 2.17. The van der Waals surface area contributed by atoms with Gasteiger partial charge in [0, 0.05) is 12.7 Å². The fourth-order valence-electron chi connectivity index (χ4n) is 2.46. The number of thiocarbonyl (C=S) groups is 1. The third-order valence-electron chi connectivity index (χ3n) is 3.42. The van der Waals surface area contributed by atoms with Crippen LogP contribution in [0.15, 0.2) is 47.5 Å². The molecule has 21 heavy (non-hydrogen) atoms. The highest BCUT2D eigenvalue weighted by atomic mass is 32.2. The molecular weight excluding hydrogens is 306 g/mol. The summed E-state index contributed by atoms with van der Waals surface area (Å²) < 4.78 is 27.2. The number of benzene rings is 1. The zero-order valence-electron chi connectivity index (χ0n) is 11.1. The van der Waals surface area contributed by atoms with E-state index in [1.807, 2.05) is 18.2 Å². The van der Waals surface area contributed by atoms with Crippen LogP contribution in [-0.2, 0) is 16.4 Å². The topological polar surface area (TPSA) is 76.3 Å². The van der Waals surface area contributed by atoms with Crippen LogP contribution in [0, 0.1) is 0 Å². The smallest absolute Gasteiger partial charge is 0.266 e. The van der Waals surface area contributed by atoms with Gasteiger partial charge in [0.15, 0.2) is 0 Å². The lowest BCUT2D eigenvalue weighted by Gasteiger charge is -2.20. The molecule has 108 valence electrons. The first-order chi connectivity index (χ1) is 10.0. The number of rotatable bonds is 3. The van der Waals surface area contributed by atoms with E-state index in [0.717, 1.165) is 5.56 Å². The van der Waals surface area contributed by atoms with Crippen molar-refractivity contribution in [3.63, 3.8) is 0 Å². The number of nitrogens with zero attached hydrogens (tertiary/aromatic N) is 2. The van der Waals surface area contributed by atoms with Gasteiger partial charge in [0.2, 0.25) is 0 Å². The molecule has 1 aliphatic heterocycles. The molecule has 0 saturated carbocycles. The van der Waals surface area contributed by atoms with Gasteiger partial charge in [-0.2, -0.15) is 0 Å². The summed E-state index contributed by atoms with van der Waals surface area (Å²) in [4.78, 5) is 4.02. The van der Waals surface area contributed by atoms with E-state index in [-0.39, 0.29) is 15.6 Å². The van der Waals surface area contributed by atoms with Crippen molar-refractivity contribution >= 4 is 32.9 Å². The third kappa shape index (κ3) is 2.28. The van der Waals surface area contributed by atoms with E-state index < -0.39 is 10.0 Å². The molecule has 0 amide bonds. The van der Waals surface area contributed by atoms with Gasteiger partial charge in [0.05, 0.1) is 5.69 Å². The molecule has 7 heteroatoms. The number of hydrogen-bond acceptors (Lipinski definition) is 4. The van der Waals surface area contributed by atoms with E-state index in [1.165, 1.54) is 16.6 Å². The second-order valence-corrected chi connectivity index (χ2v) is 6.94. The Balaban J connectivity index is 2.14. The number of para-hydroxylation sites is 1.